The van der Waals surface area contributed by atoms with Crippen molar-refractivity contribution in [3.8, 4) is 0 Å². The van der Waals surface area contributed by atoms with Gasteiger partial charge in [-0.1, -0.05) is 19.1 Å². The maximum atomic E-state index is 6.08. The minimum Gasteiger partial charge on any atom is -0.402 e. The third kappa shape index (κ3) is 4.14. The van der Waals surface area contributed by atoms with Crippen LogP contribution in [0.3, 0.4) is 0 Å². The van der Waals surface area contributed by atoms with E-state index in [0.29, 0.717) is 0 Å². The van der Waals surface area contributed by atoms with Crippen molar-refractivity contribution in [3.63, 3.8) is 0 Å². The van der Waals surface area contributed by atoms with Gasteiger partial charge < -0.3 is 21.1 Å². The standard InChI is InChI=1S/C17H27BNO2.Y/c1-7-13-19(8-2)15-11-9-14(10-12-15)18-20-16(3,4)17(5,6)21-18;/h9-12H,2,7-8,13H2,1,3-6H3;/q-1;. The van der Waals surface area contributed by atoms with Gasteiger partial charge in [0.2, 0.25) is 0 Å². The molecule has 1 fully saturated rings. The molecule has 0 aliphatic carbocycles. The molecule has 1 saturated heterocycles. The molecule has 0 atom stereocenters. The van der Waals surface area contributed by atoms with E-state index in [4.69, 9.17) is 9.31 Å². The minimum absolute atomic E-state index is 0. The smallest absolute Gasteiger partial charge is 0.402 e. The van der Waals surface area contributed by atoms with Crippen molar-refractivity contribution in [1.29, 1.82) is 0 Å². The van der Waals surface area contributed by atoms with Gasteiger partial charge in [0.05, 0.1) is 11.2 Å². The second kappa shape index (κ2) is 7.79. The van der Waals surface area contributed by atoms with E-state index in [9.17, 15) is 0 Å². The first-order valence-corrected chi connectivity index (χ1v) is 7.80. The molecule has 0 amide bonds. The molecule has 0 aromatic heterocycles. The fraction of sp³-hybridized carbons (Fsp3) is 0.588. The van der Waals surface area contributed by atoms with Crippen LogP contribution in [0.2, 0.25) is 0 Å². The van der Waals surface area contributed by atoms with Crippen LogP contribution in [-0.4, -0.2) is 31.4 Å². The zero-order chi connectivity index (χ0) is 15.7. The van der Waals surface area contributed by atoms with Crippen LogP contribution in [0.5, 0.6) is 0 Å². The molecule has 119 valence electrons. The summed E-state index contributed by atoms with van der Waals surface area (Å²) in [6.07, 6.45) is 1.12. The predicted molar refractivity (Wildman–Crippen MR) is 90.0 cm³/mol. The van der Waals surface area contributed by atoms with Crippen LogP contribution in [0.25, 0.3) is 0 Å². The molecule has 5 heteroatoms. The summed E-state index contributed by atoms with van der Waals surface area (Å²) in [7, 11) is -0.288. The maximum absolute atomic E-state index is 6.08. The van der Waals surface area contributed by atoms with Gasteiger partial charge >= 0.3 is 7.12 Å². The molecule has 1 radical (unpaired) electrons. The van der Waals surface area contributed by atoms with Crippen LogP contribution < -0.4 is 10.4 Å². The first kappa shape index (κ1) is 20.2. The molecule has 1 heterocycles. The molecule has 0 bridgehead atoms. The summed E-state index contributed by atoms with van der Waals surface area (Å²) in [4.78, 5) is 2.27. The van der Waals surface area contributed by atoms with Gasteiger partial charge in [0.1, 0.15) is 0 Å². The first-order valence-electron chi connectivity index (χ1n) is 7.80. The molecule has 22 heavy (non-hydrogen) atoms. The molecule has 1 aliphatic rings. The quantitative estimate of drug-likeness (QED) is 0.582. The molecule has 1 aromatic rings. The van der Waals surface area contributed by atoms with Crippen molar-refractivity contribution in [2.45, 2.75) is 52.2 Å². The van der Waals surface area contributed by atoms with Crippen LogP contribution in [0.15, 0.2) is 24.3 Å². The van der Waals surface area contributed by atoms with Gasteiger partial charge in [-0.2, -0.15) is 0 Å². The van der Waals surface area contributed by atoms with E-state index in [-0.39, 0.29) is 51.0 Å². The van der Waals surface area contributed by atoms with Crippen molar-refractivity contribution in [2.75, 3.05) is 18.0 Å². The van der Waals surface area contributed by atoms with Crippen molar-refractivity contribution >= 4 is 18.3 Å². The molecule has 2 rings (SSSR count). The van der Waals surface area contributed by atoms with Gasteiger partial charge in [-0.05, 0) is 51.7 Å². The SMILES string of the molecule is [CH2-]CN(CCC)c1ccc(B2OC(C)(C)C(C)(C)O2)cc1.[Y]. The Morgan fingerprint density at radius 2 is 1.55 bits per heavy atom. The van der Waals surface area contributed by atoms with Crippen molar-refractivity contribution < 1.29 is 42.0 Å². The van der Waals surface area contributed by atoms with Crippen molar-refractivity contribution in [1.82, 2.24) is 0 Å². The Morgan fingerprint density at radius 1 is 1.05 bits per heavy atom. The number of hydrogen-bond donors (Lipinski definition) is 0. The number of anilines is 1. The molecule has 1 aromatic carbocycles. The van der Waals surface area contributed by atoms with Gasteiger partial charge in [0, 0.05) is 44.9 Å². The second-order valence-electron chi connectivity index (χ2n) is 6.67. The Balaban J connectivity index is 0.00000242. The summed E-state index contributed by atoms with van der Waals surface area (Å²) in [6.45, 7) is 16.3. The van der Waals surface area contributed by atoms with Crippen LogP contribution in [-0.2, 0) is 42.0 Å². The summed E-state index contributed by atoms with van der Waals surface area (Å²) in [6, 6.07) is 8.44. The van der Waals surface area contributed by atoms with E-state index in [1.807, 2.05) is 0 Å². The Hall–Kier alpha value is 0.109. The summed E-state index contributed by atoms with van der Waals surface area (Å²) >= 11 is 0. The normalized spacial score (nSPS) is 18.9. The summed E-state index contributed by atoms with van der Waals surface area (Å²) < 4.78 is 12.2. The van der Waals surface area contributed by atoms with Gasteiger partial charge in [0.25, 0.3) is 0 Å². The number of nitrogens with zero attached hydrogens (tertiary/aromatic N) is 1. The van der Waals surface area contributed by atoms with E-state index < -0.39 is 0 Å². The third-order valence-electron chi connectivity index (χ3n) is 4.55. The second-order valence-corrected chi connectivity index (χ2v) is 6.67. The van der Waals surface area contributed by atoms with E-state index in [1.165, 1.54) is 5.69 Å². The largest absolute Gasteiger partial charge is 0.494 e. The van der Waals surface area contributed by atoms with Crippen LogP contribution in [0, 0.1) is 6.92 Å². The van der Waals surface area contributed by atoms with Crippen molar-refractivity contribution in [2.24, 2.45) is 0 Å². The molecular weight excluding hydrogens is 350 g/mol. The molecule has 0 N–H and O–H groups in total. The fourth-order valence-electron chi connectivity index (χ4n) is 2.46. The van der Waals surface area contributed by atoms with Gasteiger partial charge in [-0.15, -0.1) is 6.54 Å². The molecule has 0 unspecified atom stereocenters. The molecule has 1 aliphatic heterocycles. The average Bonchev–Trinajstić information content (AvgIpc) is 2.65. The average molecular weight is 377 g/mol. The maximum Gasteiger partial charge on any atom is 0.494 e. The summed E-state index contributed by atoms with van der Waals surface area (Å²) in [5, 5.41) is 0. The minimum atomic E-state index is -0.294. The number of rotatable bonds is 5. The van der Waals surface area contributed by atoms with Gasteiger partial charge in [0.15, 0.2) is 0 Å². The predicted octanol–water partition coefficient (Wildman–Crippen LogP) is 3.03. The third-order valence-corrected chi connectivity index (χ3v) is 4.55. The summed E-state index contributed by atoms with van der Waals surface area (Å²) in [5.74, 6) is 0. The zero-order valence-corrected chi connectivity index (χ0v) is 17.4. The van der Waals surface area contributed by atoms with Crippen LogP contribution >= 0.6 is 0 Å². The number of benzene rings is 1. The molecule has 0 spiro atoms. The first-order chi connectivity index (χ1) is 9.80. The van der Waals surface area contributed by atoms with E-state index in [2.05, 4.69) is 70.7 Å². The van der Waals surface area contributed by atoms with E-state index in [1.54, 1.807) is 0 Å². The van der Waals surface area contributed by atoms with E-state index >= 15 is 0 Å². The van der Waals surface area contributed by atoms with Crippen LogP contribution in [0.4, 0.5) is 5.69 Å². The Kier molecular flexibility index (Phi) is 7.13. The number of hydrogen-bond acceptors (Lipinski definition) is 3. The van der Waals surface area contributed by atoms with Crippen LogP contribution in [0.1, 0.15) is 41.0 Å². The molecule has 3 nitrogen and oxygen atoms in total. The van der Waals surface area contributed by atoms with E-state index in [0.717, 1.165) is 25.0 Å². The Labute approximate surface area is 161 Å². The monoisotopic (exact) mass is 377 g/mol. The topological polar surface area (TPSA) is 21.7 Å². The Bertz CT molecular complexity index is 460. The Morgan fingerprint density at radius 3 is 1.95 bits per heavy atom. The summed E-state index contributed by atoms with van der Waals surface area (Å²) in [5.41, 5.74) is 1.68. The van der Waals surface area contributed by atoms with Gasteiger partial charge in [-0.3, -0.25) is 0 Å². The van der Waals surface area contributed by atoms with Gasteiger partial charge in [-0.25, -0.2) is 0 Å². The fourth-order valence-corrected chi connectivity index (χ4v) is 2.46. The van der Waals surface area contributed by atoms with Crippen molar-refractivity contribution in [3.05, 3.63) is 31.2 Å². The zero-order valence-electron chi connectivity index (χ0n) is 14.6. The molecule has 0 saturated carbocycles. The molecular formula is C17H27BNO2Y-.